The first-order valence-electron chi connectivity index (χ1n) is 6.88. The van der Waals surface area contributed by atoms with Crippen molar-refractivity contribution in [2.24, 2.45) is 11.8 Å². The van der Waals surface area contributed by atoms with Gasteiger partial charge in [0.2, 0.25) is 0 Å². The fourth-order valence-electron chi connectivity index (χ4n) is 2.81. The molecule has 1 aromatic carbocycles. The molecule has 21 heavy (non-hydrogen) atoms. The van der Waals surface area contributed by atoms with Crippen LogP contribution in [0.1, 0.15) is 29.6 Å². The number of nitrogens with one attached hydrogen (secondary N) is 1. The molecule has 0 radical (unpaired) electrons. The molecule has 1 fully saturated rings. The number of carboxylic acid groups (broad SMARTS) is 1. The zero-order valence-corrected chi connectivity index (χ0v) is 11.8. The Morgan fingerprint density at radius 1 is 1.43 bits per heavy atom. The summed E-state index contributed by atoms with van der Waals surface area (Å²) in [5.41, 5.74) is -0.148. The van der Waals surface area contributed by atoms with Crippen LogP contribution in [0.5, 0.6) is 5.75 Å². The molecule has 2 unspecified atom stereocenters. The van der Waals surface area contributed by atoms with E-state index in [4.69, 9.17) is 9.84 Å². The quantitative estimate of drug-likeness (QED) is 0.872. The summed E-state index contributed by atoms with van der Waals surface area (Å²) in [6.45, 7) is 0.229. The topological polar surface area (TPSA) is 75.6 Å². The Labute approximate surface area is 122 Å². The van der Waals surface area contributed by atoms with E-state index < -0.39 is 23.6 Å². The molecule has 1 saturated carbocycles. The van der Waals surface area contributed by atoms with Gasteiger partial charge in [0.25, 0.3) is 5.91 Å². The lowest BCUT2D eigenvalue weighted by Gasteiger charge is -2.17. The molecule has 1 aromatic rings. The van der Waals surface area contributed by atoms with E-state index in [9.17, 15) is 14.0 Å². The van der Waals surface area contributed by atoms with E-state index in [0.29, 0.717) is 6.42 Å². The van der Waals surface area contributed by atoms with Gasteiger partial charge in [-0.05, 0) is 30.9 Å². The highest BCUT2D eigenvalue weighted by molar-refractivity contribution is 5.97. The second-order valence-electron chi connectivity index (χ2n) is 5.16. The molecule has 2 atom stereocenters. The molecule has 6 heteroatoms. The predicted octanol–water partition coefficient (Wildman–Crippen LogP) is 2.06. The number of amides is 1. The minimum Gasteiger partial charge on any atom is -0.496 e. The van der Waals surface area contributed by atoms with Crippen molar-refractivity contribution in [2.75, 3.05) is 13.7 Å². The van der Waals surface area contributed by atoms with Gasteiger partial charge in [0.1, 0.15) is 17.1 Å². The molecule has 114 valence electrons. The van der Waals surface area contributed by atoms with Crippen LogP contribution in [0.15, 0.2) is 18.2 Å². The summed E-state index contributed by atoms with van der Waals surface area (Å²) in [6, 6.07) is 4.16. The van der Waals surface area contributed by atoms with Gasteiger partial charge < -0.3 is 15.2 Å². The lowest BCUT2D eigenvalue weighted by molar-refractivity contribution is -0.142. The van der Waals surface area contributed by atoms with Crippen molar-refractivity contribution < 1.29 is 23.8 Å². The fourth-order valence-corrected chi connectivity index (χ4v) is 2.81. The number of ether oxygens (including phenoxy) is 1. The number of hydrogen-bond acceptors (Lipinski definition) is 3. The minimum absolute atomic E-state index is 0.107. The van der Waals surface area contributed by atoms with Crippen molar-refractivity contribution >= 4 is 11.9 Å². The molecule has 0 bridgehead atoms. The summed E-state index contributed by atoms with van der Waals surface area (Å²) in [6.07, 6.45) is 2.21. The first-order valence-corrected chi connectivity index (χ1v) is 6.88. The second kappa shape index (κ2) is 6.56. The number of rotatable bonds is 5. The molecule has 5 nitrogen and oxygen atoms in total. The van der Waals surface area contributed by atoms with Crippen molar-refractivity contribution in [1.82, 2.24) is 5.32 Å². The van der Waals surface area contributed by atoms with E-state index in [2.05, 4.69) is 5.32 Å². The van der Waals surface area contributed by atoms with Gasteiger partial charge in [0.05, 0.1) is 13.0 Å². The largest absolute Gasteiger partial charge is 0.496 e. The smallest absolute Gasteiger partial charge is 0.306 e. The van der Waals surface area contributed by atoms with E-state index >= 15 is 0 Å². The maximum Gasteiger partial charge on any atom is 0.306 e. The number of carbonyl (C=O) groups is 2. The Hall–Kier alpha value is -2.11. The molecule has 0 aromatic heterocycles. The number of carboxylic acids is 1. The third-order valence-corrected chi connectivity index (χ3v) is 3.92. The first kappa shape index (κ1) is 15.3. The average molecular weight is 295 g/mol. The van der Waals surface area contributed by atoms with Gasteiger partial charge in [-0.25, -0.2) is 4.39 Å². The highest BCUT2D eigenvalue weighted by Crippen LogP contribution is 2.31. The van der Waals surface area contributed by atoms with E-state index in [-0.39, 0.29) is 23.8 Å². The molecule has 1 amide bonds. The number of halogens is 1. The van der Waals surface area contributed by atoms with Gasteiger partial charge in [-0.15, -0.1) is 0 Å². The van der Waals surface area contributed by atoms with Crippen LogP contribution in [0.2, 0.25) is 0 Å². The van der Waals surface area contributed by atoms with Crippen molar-refractivity contribution in [2.45, 2.75) is 19.3 Å². The van der Waals surface area contributed by atoms with Crippen molar-refractivity contribution in [3.63, 3.8) is 0 Å². The Balaban J connectivity index is 2.04. The minimum atomic E-state index is -0.838. The Kier molecular flexibility index (Phi) is 4.77. The van der Waals surface area contributed by atoms with Crippen LogP contribution in [0, 0.1) is 17.7 Å². The van der Waals surface area contributed by atoms with Crippen LogP contribution in [-0.4, -0.2) is 30.6 Å². The van der Waals surface area contributed by atoms with Gasteiger partial charge in [0, 0.05) is 6.54 Å². The highest BCUT2D eigenvalue weighted by Gasteiger charge is 2.33. The van der Waals surface area contributed by atoms with Gasteiger partial charge >= 0.3 is 5.97 Å². The lowest BCUT2D eigenvalue weighted by atomic mass is 9.96. The van der Waals surface area contributed by atoms with Crippen molar-refractivity contribution in [3.8, 4) is 5.75 Å². The Bertz CT molecular complexity index is 546. The summed E-state index contributed by atoms with van der Waals surface area (Å²) in [5, 5.41) is 11.7. The van der Waals surface area contributed by atoms with E-state index in [1.165, 1.54) is 25.3 Å². The van der Waals surface area contributed by atoms with Gasteiger partial charge in [-0.2, -0.15) is 0 Å². The first-order chi connectivity index (χ1) is 10.0. The molecule has 1 aliphatic carbocycles. The SMILES string of the molecule is COc1cccc(F)c1C(=O)NCC1CCCC1C(=O)O. The molecule has 2 N–H and O–H groups in total. The Morgan fingerprint density at radius 2 is 2.19 bits per heavy atom. The standard InChI is InChI=1S/C15H18FNO4/c1-21-12-7-3-6-11(16)13(12)14(18)17-8-9-4-2-5-10(9)15(19)20/h3,6-7,9-10H,2,4-5,8H2,1H3,(H,17,18)(H,19,20). The summed E-state index contributed by atoms with van der Waals surface area (Å²) in [4.78, 5) is 23.2. The maximum atomic E-state index is 13.8. The van der Waals surface area contributed by atoms with Gasteiger partial charge in [-0.3, -0.25) is 9.59 Å². The van der Waals surface area contributed by atoms with E-state index in [1.807, 2.05) is 0 Å². The average Bonchev–Trinajstić information content (AvgIpc) is 2.93. The zero-order valence-electron chi connectivity index (χ0n) is 11.8. The van der Waals surface area contributed by atoms with Crippen LogP contribution in [0.4, 0.5) is 4.39 Å². The molecule has 2 rings (SSSR count). The maximum absolute atomic E-state index is 13.8. The summed E-state index contributed by atoms with van der Waals surface area (Å²) in [7, 11) is 1.36. The van der Waals surface area contributed by atoms with Crippen LogP contribution >= 0.6 is 0 Å². The number of methoxy groups -OCH3 is 1. The van der Waals surface area contributed by atoms with Crippen LogP contribution in [-0.2, 0) is 4.79 Å². The Morgan fingerprint density at radius 3 is 2.86 bits per heavy atom. The summed E-state index contributed by atoms with van der Waals surface area (Å²) >= 11 is 0. The molecule has 0 saturated heterocycles. The molecule has 0 aliphatic heterocycles. The number of benzene rings is 1. The van der Waals surface area contributed by atoms with E-state index in [1.54, 1.807) is 0 Å². The van der Waals surface area contributed by atoms with Crippen molar-refractivity contribution in [3.05, 3.63) is 29.6 Å². The second-order valence-corrected chi connectivity index (χ2v) is 5.16. The van der Waals surface area contributed by atoms with Crippen molar-refractivity contribution in [1.29, 1.82) is 0 Å². The van der Waals surface area contributed by atoms with Crippen LogP contribution in [0.3, 0.4) is 0 Å². The normalized spacial score (nSPS) is 21.0. The summed E-state index contributed by atoms with van der Waals surface area (Å²) in [5.74, 6) is -2.46. The number of hydrogen-bond donors (Lipinski definition) is 2. The van der Waals surface area contributed by atoms with Crippen LogP contribution < -0.4 is 10.1 Å². The third kappa shape index (κ3) is 3.32. The number of aliphatic carboxylic acids is 1. The monoisotopic (exact) mass is 295 g/mol. The fraction of sp³-hybridized carbons (Fsp3) is 0.467. The summed E-state index contributed by atoms with van der Waals surface area (Å²) < 4.78 is 18.7. The number of carbonyl (C=O) groups excluding carboxylic acids is 1. The lowest BCUT2D eigenvalue weighted by Crippen LogP contribution is -2.33. The van der Waals surface area contributed by atoms with Crippen LogP contribution in [0.25, 0.3) is 0 Å². The molecule has 0 heterocycles. The zero-order chi connectivity index (χ0) is 15.4. The molecular weight excluding hydrogens is 277 g/mol. The predicted molar refractivity (Wildman–Crippen MR) is 73.8 cm³/mol. The van der Waals surface area contributed by atoms with Gasteiger partial charge in [0.15, 0.2) is 0 Å². The van der Waals surface area contributed by atoms with Gasteiger partial charge in [-0.1, -0.05) is 12.5 Å². The molecule has 1 aliphatic rings. The third-order valence-electron chi connectivity index (χ3n) is 3.92. The molecule has 0 spiro atoms. The van der Waals surface area contributed by atoms with E-state index in [0.717, 1.165) is 12.8 Å². The highest BCUT2D eigenvalue weighted by atomic mass is 19.1. The molecular formula is C15H18FNO4.